The van der Waals surface area contributed by atoms with Crippen molar-refractivity contribution in [3.63, 3.8) is 0 Å². The summed E-state index contributed by atoms with van der Waals surface area (Å²) in [6.07, 6.45) is 1.37. The van der Waals surface area contributed by atoms with Crippen LogP contribution in [0.25, 0.3) is 0 Å². The van der Waals surface area contributed by atoms with Crippen LogP contribution >= 0.6 is 35.0 Å². The van der Waals surface area contributed by atoms with Crippen molar-refractivity contribution < 1.29 is 13.2 Å². The maximum absolute atomic E-state index is 12.8. The van der Waals surface area contributed by atoms with E-state index in [-0.39, 0.29) is 28.9 Å². The summed E-state index contributed by atoms with van der Waals surface area (Å²) in [7, 11) is -3.56. The van der Waals surface area contributed by atoms with Crippen molar-refractivity contribution in [3.05, 3.63) is 33.8 Å². The van der Waals surface area contributed by atoms with E-state index in [1.807, 2.05) is 0 Å². The van der Waals surface area contributed by atoms with Crippen LogP contribution in [0.1, 0.15) is 39.2 Å². The van der Waals surface area contributed by atoms with Crippen molar-refractivity contribution in [2.24, 2.45) is 5.92 Å². The number of rotatable bonds is 7. The maximum atomic E-state index is 12.8. The summed E-state index contributed by atoms with van der Waals surface area (Å²) in [5.41, 5.74) is 0.511. The van der Waals surface area contributed by atoms with Crippen LogP contribution in [0, 0.1) is 5.92 Å². The quantitative estimate of drug-likeness (QED) is 0.611. The second kappa shape index (κ2) is 10.0. The Bertz CT molecular complexity index is 795. The van der Waals surface area contributed by atoms with Gasteiger partial charge < -0.3 is 5.32 Å². The molecule has 1 fully saturated rings. The van der Waals surface area contributed by atoms with Gasteiger partial charge in [-0.15, -0.1) is 0 Å². The zero-order valence-corrected chi connectivity index (χ0v) is 19.6. The second-order valence-electron chi connectivity index (χ2n) is 7.94. The lowest BCUT2D eigenvalue weighted by Crippen LogP contribution is -2.46. The number of thioether (sulfide) groups is 1. The van der Waals surface area contributed by atoms with Gasteiger partial charge in [0, 0.05) is 40.2 Å². The minimum atomic E-state index is -3.56. The molecular formula is C19H28Cl2N2O3S2. The molecule has 28 heavy (non-hydrogen) atoms. The first-order valence-corrected chi connectivity index (χ1v) is 12.7. The van der Waals surface area contributed by atoms with Gasteiger partial charge in [0.1, 0.15) is 0 Å². The lowest BCUT2D eigenvalue weighted by atomic mass is 9.99. The Hall–Kier alpha value is -0.470. The Morgan fingerprint density at radius 3 is 2.68 bits per heavy atom. The fraction of sp³-hybridized carbons (Fsp3) is 0.632. The monoisotopic (exact) mass is 466 g/mol. The molecule has 0 saturated carbocycles. The number of hydrogen-bond acceptors (Lipinski definition) is 4. The van der Waals surface area contributed by atoms with E-state index in [1.54, 1.807) is 23.9 Å². The van der Waals surface area contributed by atoms with Crippen LogP contribution < -0.4 is 5.32 Å². The molecule has 1 aromatic rings. The van der Waals surface area contributed by atoms with E-state index in [1.165, 1.54) is 10.4 Å². The molecule has 0 aliphatic carbocycles. The molecule has 1 unspecified atom stereocenters. The Morgan fingerprint density at radius 1 is 1.32 bits per heavy atom. The fourth-order valence-electron chi connectivity index (χ4n) is 3.01. The molecule has 2 rings (SSSR count). The number of halogens is 2. The Balaban J connectivity index is 1.93. The third-order valence-electron chi connectivity index (χ3n) is 4.44. The molecule has 0 spiro atoms. The van der Waals surface area contributed by atoms with E-state index in [9.17, 15) is 13.2 Å². The highest BCUT2D eigenvalue weighted by molar-refractivity contribution is 8.00. The summed E-state index contributed by atoms with van der Waals surface area (Å²) in [6.45, 7) is 7.64. The summed E-state index contributed by atoms with van der Waals surface area (Å²) in [6, 6.07) is 4.79. The van der Waals surface area contributed by atoms with Crippen molar-refractivity contribution in [1.82, 2.24) is 9.62 Å². The van der Waals surface area contributed by atoms with Crippen LogP contribution in [0.4, 0.5) is 0 Å². The number of carbonyl (C=O) groups is 1. The van der Waals surface area contributed by atoms with Gasteiger partial charge in [-0.2, -0.15) is 11.8 Å². The van der Waals surface area contributed by atoms with Crippen molar-refractivity contribution in [3.8, 4) is 0 Å². The summed E-state index contributed by atoms with van der Waals surface area (Å²) in [4.78, 5) is 12.5. The van der Waals surface area contributed by atoms with Gasteiger partial charge in [-0.05, 0) is 30.5 Å². The van der Waals surface area contributed by atoms with Gasteiger partial charge in [0.25, 0.3) is 0 Å². The van der Waals surface area contributed by atoms with Crippen molar-refractivity contribution in [2.45, 2.75) is 44.1 Å². The molecule has 1 aliphatic rings. The lowest BCUT2D eigenvalue weighted by molar-refractivity contribution is -0.125. The van der Waals surface area contributed by atoms with E-state index in [0.717, 1.165) is 5.75 Å². The summed E-state index contributed by atoms with van der Waals surface area (Å²) in [5.74, 6) is 0.251. The summed E-state index contributed by atoms with van der Waals surface area (Å²) >= 11 is 13.8. The van der Waals surface area contributed by atoms with Crippen LogP contribution in [0.2, 0.25) is 10.0 Å². The van der Waals surface area contributed by atoms with Gasteiger partial charge in [0.15, 0.2) is 0 Å². The van der Waals surface area contributed by atoms with Gasteiger partial charge in [-0.1, -0.05) is 50.0 Å². The third kappa shape index (κ3) is 7.41. The normalized spacial score (nSPS) is 18.8. The van der Waals surface area contributed by atoms with Crippen LogP contribution in [0.3, 0.4) is 0 Å². The van der Waals surface area contributed by atoms with E-state index in [4.69, 9.17) is 23.2 Å². The molecule has 1 amide bonds. The molecule has 5 nitrogen and oxygen atoms in total. The summed E-state index contributed by atoms with van der Waals surface area (Å²) < 4.78 is 27.2. The molecule has 1 atom stereocenters. The van der Waals surface area contributed by atoms with E-state index < -0.39 is 10.0 Å². The fourth-order valence-corrected chi connectivity index (χ4v) is 6.02. The summed E-state index contributed by atoms with van der Waals surface area (Å²) in [5, 5.41) is 3.74. The number of hydrogen-bond donors (Lipinski definition) is 1. The molecule has 0 aromatic heterocycles. The van der Waals surface area contributed by atoms with E-state index in [2.05, 4.69) is 26.1 Å². The molecule has 158 valence electrons. The molecule has 0 bridgehead atoms. The number of nitrogens with zero attached hydrogens (tertiary/aromatic N) is 1. The largest absolute Gasteiger partial charge is 0.355 e. The number of piperidine rings is 1. The smallest absolute Gasteiger partial charge is 0.224 e. The van der Waals surface area contributed by atoms with Gasteiger partial charge >= 0.3 is 0 Å². The topological polar surface area (TPSA) is 66.5 Å². The minimum Gasteiger partial charge on any atom is -0.355 e. The average Bonchev–Trinajstić information content (AvgIpc) is 2.60. The van der Waals surface area contributed by atoms with Crippen LogP contribution in [-0.2, 0) is 20.6 Å². The van der Waals surface area contributed by atoms with Crippen LogP contribution in [0.15, 0.2) is 18.2 Å². The molecule has 1 N–H and O–H groups in total. The van der Waals surface area contributed by atoms with E-state index >= 15 is 0 Å². The minimum absolute atomic E-state index is 0.0704. The zero-order chi connectivity index (χ0) is 20.9. The average molecular weight is 467 g/mol. The Labute approximate surface area is 182 Å². The predicted molar refractivity (Wildman–Crippen MR) is 119 cm³/mol. The third-order valence-corrected chi connectivity index (χ3v) is 8.09. The van der Waals surface area contributed by atoms with Crippen molar-refractivity contribution in [1.29, 1.82) is 0 Å². The first kappa shape index (κ1) is 23.8. The predicted octanol–water partition coefficient (Wildman–Crippen LogP) is 4.18. The second-order valence-corrected chi connectivity index (χ2v) is 12.7. The van der Waals surface area contributed by atoms with Gasteiger partial charge in [-0.3, -0.25) is 4.79 Å². The number of nitrogens with one attached hydrogen (secondary N) is 1. The molecule has 1 aromatic carbocycles. The first-order valence-electron chi connectivity index (χ1n) is 9.31. The molecular weight excluding hydrogens is 439 g/mol. The molecule has 1 aliphatic heterocycles. The number of amides is 1. The Morgan fingerprint density at radius 2 is 2.04 bits per heavy atom. The SMILES string of the molecule is CC(C)(C)SCCNC(=O)C1CCCN(S(=O)(=O)Cc2ccc(Cl)cc2Cl)C1. The van der Waals surface area contributed by atoms with Crippen molar-refractivity contribution >= 4 is 50.9 Å². The van der Waals surface area contributed by atoms with Gasteiger partial charge in [0.05, 0.1) is 11.7 Å². The zero-order valence-electron chi connectivity index (χ0n) is 16.5. The standard InChI is InChI=1S/C19H28Cl2N2O3S2/c1-19(2,3)27-10-8-22-18(24)14-5-4-9-23(12-14)28(25,26)13-15-6-7-16(20)11-17(15)21/h6-7,11,14H,4-5,8-10,12-13H2,1-3H3,(H,22,24). The van der Waals surface area contributed by atoms with Crippen molar-refractivity contribution in [2.75, 3.05) is 25.4 Å². The lowest BCUT2D eigenvalue weighted by Gasteiger charge is -2.31. The number of benzene rings is 1. The number of sulfonamides is 1. The first-order chi connectivity index (χ1) is 13.0. The highest BCUT2D eigenvalue weighted by atomic mass is 35.5. The van der Waals surface area contributed by atoms with Crippen LogP contribution in [0.5, 0.6) is 0 Å². The Kier molecular flexibility index (Phi) is 8.52. The molecule has 1 saturated heterocycles. The molecule has 0 radical (unpaired) electrons. The number of carbonyl (C=O) groups excluding carboxylic acids is 1. The van der Waals surface area contributed by atoms with E-state index in [0.29, 0.717) is 41.5 Å². The highest BCUT2D eigenvalue weighted by Gasteiger charge is 2.32. The maximum Gasteiger partial charge on any atom is 0.224 e. The molecule has 9 heteroatoms. The highest BCUT2D eigenvalue weighted by Crippen LogP contribution is 2.26. The van der Waals surface area contributed by atoms with Gasteiger partial charge in [-0.25, -0.2) is 12.7 Å². The van der Waals surface area contributed by atoms with Crippen LogP contribution in [-0.4, -0.2) is 48.8 Å². The molecule has 1 heterocycles. The van der Waals surface area contributed by atoms with Gasteiger partial charge in [0.2, 0.25) is 15.9 Å².